The van der Waals surface area contributed by atoms with Crippen LogP contribution in [0, 0.1) is 17.2 Å². The van der Waals surface area contributed by atoms with Crippen LogP contribution >= 0.6 is 0 Å². The number of aliphatic hydroxyl groups is 1. The van der Waals surface area contributed by atoms with Crippen molar-refractivity contribution in [3.05, 3.63) is 35.4 Å². The number of rotatable bonds is 7. The fourth-order valence-corrected chi connectivity index (χ4v) is 4.54. The Morgan fingerprint density at radius 2 is 2.26 bits per heavy atom. The minimum absolute atomic E-state index is 0.215. The molecule has 2 N–H and O–H groups in total. The van der Waals surface area contributed by atoms with Gasteiger partial charge in [-0.3, -0.25) is 0 Å². The Morgan fingerprint density at radius 1 is 1.43 bits per heavy atom. The van der Waals surface area contributed by atoms with E-state index in [0.717, 1.165) is 44.2 Å². The van der Waals surface area contributed by atoms with E-state index < -0.39 is 7.05 Å². The van der Waals surface area contributed by atoms with E-state index >= 15 is 0 Å². The number of hydrogen-bond acceptors (Lipinski definition) is 4. The van der Waals surface area contributed by atoms with E-state index in [1.165, 1.54) is 5.56 Å². The number of nitrogens with zero attached hydrogens (tertiary/aromatic N) is 2. The quantitative estimate of drug-likeness (QED) is 0.598. The van der Waals surface area contributed by atoms with Crippen LogP contribution in [-0.4, -0.2) is 41.2 Å². The summed E-state index contributed by atoms with van der Waals surface area (Å²) in [7, 11) is -0.444. The van der Waals surface area contributed by atoms with Crippen molar-refractivity contribution in [2.75, 3.05) is 13.2 Å². The van der Waals surface area contributed by atoms with Crippen molar-refractivity contribution in [1.29, 1.82) is 5.26 Å². The zero-order valence-corrected chi connectivity index (χ0v) is 13.8. The normalized spacial score (nSPS) is 28.5. The lowest BCUT2D eigenvalue weighted by Gasteiger charge is -2.31. The van der Waals surface area contributed by atoms with Crippen molar-refractivity contribution in [1.82, 2.24) is 4.81 Å². The third kappa shape index (κ3) is 3.04. The Labute approximate surface area is 138 Å². The molecule has 0 spiro atoms. The summed E-state index contributed by atoms with van der Waals surface area (Å²) in [5, 5.41) is 28.3. The van der Waals surface area contributed by atoms with Crippen LogP contribution < -0.4 is 0 Å². The average molecular weight is 312 g/mol. The summed E-state index contributed by atoms with van der Waals surface area (Å²) in [6.07, 6.45) is 5.11. The van der Waals surface area contributed by atoms with Crippen LogP contribution in [0.15, 0.2) is 24.3 Å². The largest absolute Gasteiger partial charge is 0.437 e. The molecule has 0 heterocycles. The zero-order chi connectivity index (χ0) is 16.4. The first-order valence-corrected chi connectivity index (χ1v) is 8.67. The lowest BCUT2D eigenvalue weighted by molar-refractivity contribution is 0.239. The standard InChI is InChI=1S/C18H25BN2O2/c1-19(23)21(9-2-3-10-22)17-7-8-18(12-16(17)18)15-6-4-5-14(11-15)13-20/h4-6,11,16-17,22-23H,2-3,7-10,12H2,1H3/t16-,17-,18-/m1/s1. The van der Waals surface area contributed by atoms with E-state index in [9.17, 15) is 5.02 Å². The number of hydrogen-bond donors (Lipinski definition) is 2. The Kier molecular flexibility index (Phi) is 4.77. The Morgan fingerprint density at radius 3 is 2.91 bits per heavy atom. The monoisotopic (exact) mass is 312 g/mol. The molecule has 0 saturated heterocycles. The van der Waals surface area contributed by atoms with Gasteiger partial charge >= 0.3 is 7.05 Å². The molecule has 0 bridgehead atoms. The summed E-state index contributed by atoms with van der Waals surface area (Å²) < 4.78 is 0. The number of benzene rings is 1. The van der Waals surface area contributed by atoms with Gasteiger partial charge < -0.3 is 14.9 Å². The van der Waals surface area contributed by atoms with Gasteiger partial charge in [0, 0.05) is 18.1 Å². The van der Waals surface area contributed by atoms with Gasteiger partial charge in [0.15, 0.2) is 0 Å². The third-order valence-corrected chi connectivity index (χ3v) is 5.78. The van der Waals surface area contributed by atoms with E-state index in [1.54, 1.807) is 0 Å². The Bertz CT molecular complexity index is 601. The van der Waals surface area contributed by atoms with Crippen molar-refractivity contribution in [3.63, 3.8) is 0 Å². The number of nitriles is 1. The molecule has 1 aromatic carbocycles. The second kappa shape index (κ2) is 6.64. The number of aliphatic hydroxyl groups excluding tert-OH is 1. The summed E-state index contributed by atoms with van der Waals surface area (Å²) in [4.78, 5) is 2.21. The van der Waals surface area contributed by atoms with Crippen LogP contribution in [0.25, 0.3) is 0 Å². The van der Waals surface area contributed by atoms with E-state index in [4.69, 9.17) is 10.4 Å². The van der Waals surface area contributed by atoms with E-state index in [1.807, 2.05) is 25.0 Å². The van der Waals surface area contributed by atoms with Crippen LogP contribution in [0.3, 0.4) is 0 Å². The minimum atomic E-state index is -0.444. The first kappa shape index (κ1) is 16.5. The van der Waals surface area contributed by atoms with Crippen LogP contribution in [0.1, 0.15) is 43.2 Å². The maximum atomic E-state index is 10.2. The molecule has 0 aromatic heterocycles. The predicted molar refractivity (Wildman–Crippen MR) is 90.8 cm³/mol. The summed E-state index contributed by atoms with van der Waals surface area (Å²) in [5.74, 6) is 0.583. The van der Waals surface area contributed by atoms with Crippen molar-refractivity contribution in [3.8, 4) is 6.07 Å². The maximum absolute atomic E-state index is 10.2. The lowest BCUT2D eigenvalue weighted by Crippen LogP contribution is -2.46. The first-order chi connectivity index (χ1) is 11.1. The Hall–Kier alpha value is -1.35. The van der Waals surface area contributed by atoms with Gasteiger partial charge in [-0.25, -0.2) is 0 Å². The molecule has 5 heteroatoms. The second-order valence-electron chi connectivity index (χ2n) is 7.07. The van der Waals surface area contributed by atoms with Gasteiger partial charge in [0.2, 0.25) is 0 Å². The SMILES string of the molecule is CB(O)N(CCCCO)[C@@H]1CC[C@]2(c3cccc(C#N)c3)C[C@H]12. The van der Waals surface area contributed by atoms with Gasteiger partial charge in [0.25, 0.3) is 0 Å². The van der Waals surface area contributed by atoms with Gasteiger partial charge in [0.05, 0.1) is 11.6 Å². The molecule has 1 aromatic rings. The molecule has 122 valence electrons. The van der Waals surface area contributed by atoms with Crippen LogP contribution in [-0.2, 0) is 5.41 Å². The van der Waals surface area contributed by atoms with Gasteiger partial charge in [-0.2, -0.15) is 5.26 Å². The van der Waals surface area contributed by atoms with Gasteiger partial charge in [-0.05, 0) is 69.1 Å². The molecule has 2 saturated carbocycles. The summed E-state index contributed by atoms with van der Waals surface area (Å²) >= 11 is 0. The van der Waals surface area contributed by atoms with E-state index in [0.29, 0.717) is 12.0 Å². The second-order valence-corrected chi connectivity index (χ2v) is 7.07. The van der Waals surface area contributed by atoms with Crippen molar-refractivity contribution >= 4 is 7.05 Å². The molecule has 2 aliphatic carbocycles. The molecule has 4 nitrogen and oxygen atoms in total. The highest BCUT2D eigenvalue weighted by atomic mass is 16.3. The van der Waals surface area contributed by atoms with Gasteiger partial charge in [-0.15, -0.1) is 0 Å². The smallest absolute Gasteiger partial charge is 0.376 e. The van der Waals surface area contributed by atoms with E-state index in [-0.39, 0.29) is 12.0 Å². The van der Waals surface area contributed by atoms with E-state index in [2.05, 4.69) is 16.9 Å². The fraction of sp³-hybridized carbons (Fsp3) is 0.611. The first-order valence-electron chi connectivity index (χ1n) is 8.67. The highest BCUT2D eigenvalue weighted by Crippen LogP contribution is 2.65. The molecule has 0 amide bonds. The molecule has 23 heavy (non-hydrogen) atoms. The predicted octanol–water partition coefficient (Wildman–Crippen LogP) is 2.16. The highest BCUT2D eigenvalue weighted by molar-refractivity contribution is 6.45. The molecule has 2 fully saturated rings. The maximum Gasteiger partial charge on any atom is 0.376 e. The molecule has 0 aliphatic heterocycles. The third-order valence-electron chi connectivity index (χ3n) is 5.78. The van der Waals surface area contributed by atoms with Crippen LogP contribution in [0.4, 0.5) is 0 Å². The van der Waals surface area contributed by atoms with Crippen LogP contribution in [0.2, 0.25) is 6.82 Å². The summed E-state index contributed by atoms with van der Waals surface area (Å²) in [5.41, 5.74) is 2.26. The van der Waals surface area contributed by atoms with Crippen LogP contribution in [0.5, 0.6) is 0 Å². The molecular weight excluding hydrogens is 287 g/mol. The zero-order valence-electron chi connectivity index (χ0n) is 13.8. The molecule has 3 rings (SSSR count). The average Bonchev–Trinajstić information content (AvgIpc) is 3.19. The molecule has 2 aliphatic rings. The number of fused-ring (bicyclic) bond motifs is 1. The van der Waals surface area contributed by atoms with Gasteiger partial charge in [0.1, 0.15) is 0 Å². The fourth-order valence-electron chi connectivity index (χ4n) is 4.54. The summed E-state index contributed by atoms with van der Waals surface area (Å²) in [6, 6.07) is 10.7. The molecule has 3 atom stereocenters. The highest BCUT2D eigenvalue weighted by Gasteiger charge is 2.63. The molecular formula is C18H25BN2O2. The minimum Gasteiger partial charge on any atom is -0.437 e. The van der Waals surface area contributed by atoms with Crippen molar-refractivity contribution < 1.29 is 10.1 Å². The lowest BCUT2D eigenvalue weighted by atomic mass is 9.81. The summed E-state index contributed by atoms with van der Waals surface area (Å²) in [6.45, 7) is 2.90. The van der Waals surface area contributed by atoms with Crippen molar-refractivity contribution in [2.24, 2.45) is 5.92 Å². The Balaban J connectivity index is 1.73. The number of unbranched alkanes of at least 4 members (excludes halogenated alkanes) is 1. The molecule has 0 radical (unpaired) electrons. The van der Waals surface area contributed by atoms with Gasteiger partial charge in [-0.1, -0.05) is 12.1 Å². The topological polar surface area (TPSA) is 67.5 Å². The van der Waals surface area contributed by atoms with Crippen molar-refractivity contribution in [2.45, 2.75) is 50.4 Å². The molecule has 0 unspecified atom stereocenters.